The fourth-order valence-corrected chi connectivity index (χ4v) is 5.85. The van der Waals surface area contributed by atoms with Gasteiger partial charge in [-0.15, -0.1) is 16.4 Å². The lowest BCUT2D eigenvalue weighted by molar-refractivity contribution is -0.156. The van der Waals surface area contributed by atoms with Crippen LogP contribution in [0.2, 0.25) is 0 Å². The third-order valence-corrected chi connectivity index (χ3v) is 7.71. The molecule has 1 N–H and O–H groups in total. The first-order valence-electron chi connectivity index (χ1n) is 11.5. The van der Waals surface area contributed by atoms with Crippen LogP contribution in [0.1, 0.15) is 58.7 Å². The van der Waals surface area contributed by atoms with Gasteiger partial charge in [0.1, 0.15) is 12.1 Å². The van der Waals surface area contributed by atoms with Crippen molar-refractivity contribution in [2.24, 2.45) is 5.41 Å². The standard InChI is InChI=1S/C27H31N3O3S/c1-6-30-22-13-12-21(17(2)25(22)28-29-30)24(23-14-20(15-31)18(3)34-23)27(4,5)26(32)33-16-19-10-8-7-9-11-19/h7-14,24,31H,6,15-16H2,1-5H3. The van der Waals surface area contributed by atoms with Gasteiger partial charge in [0.05, 0.1) is 17.5 Å². The number of rotatable bonds is 8. The quantitative estimate of drug-likeness (QED) is 0.338. The van der Waals surface area contributed by atoms with Gasteiger partial charge >= 0.3 is 5.97 Å². The second-order valence-corrected chi connectivity index (χ2v) is 10.4. The van der Waals surface area contributed by atoms with Crippen molar-refractivity contribution in [3.8, 4) is 0 Å². The van der Waals surface area contributed by atoms with Crippen molar-refractivity contribution in [3.63, 3.8) is 0 Å². The van der Waals surface area contributed by atoms with Crippen LogP contribution in [-0.4, -0.2) is 26.1 Å². The zero-order chi connectivity index (χ0) is 24.5. The van der Waals surface area contributed by atoms with Gasteiger partial charge in [-0.25, -0.2) is 4.68 Å². The van der Waals surface area contributed by atoms with Gasteiger partial charge in [0.2, 0.25) is 0 Å². The molecule has 0 spiro atoms. The number of benzene rings is 2. The minimum atomic E-state index is -0.863. The van der Waals surface area contributed by atoms with Crippen LogP contribution in [0.5, 0.6) is 0 Å². The second kappa shape index (κ2) is 9.68. The summed E-state index contributed by atoms with van der Waals surface area (Å²) in [5.41, 5.74) is 4.81. The van der Waals surface area contributed by atoms with Crippen molar-refractivity contribution >= 4 is 28.3 Å². The SMILES string of the molecule is CCn1nnc2c(C)c(C(c3cc(CO)c(C)s3)C(C)(C)C(=O)OCc3ccccc3)ccc21. The molecule has 0 amide bonds. The number of aryl methyl sites for hydroxylation is 3. The molecule has 0 saturated heterocycles. The van der Waals surface area contributed by atoms with Gasteiger partial charge in [0.15, 0.2) is 0 Å². The summed E-state index contributed by atoms with van der Waals surface area (Å²) in [5, 5.41) is 18.5. The van der Waals surface area contributed by atoms with Gasteiger partial charge in [-0.05, 0) is 69.0 Å². The average molecular weight is 478 g/mol. The van der Waals surface area contributed by atoms with Crippen LogP contribution in [0.4, 0.5) is 0 Å². The number of aliphatic hydroxyl groups excluding tert-OH is 1. The molecule has 6 nitrogen and oxygen atoms in total. The molecule has 34 heavy (non-hydrogen) atoms. The van der Waals surface area contributed by atoms with E-state index in [1.54, 1.807) is 11.3 Å². The van der Waals surface area contributed by atoms with Crippen LogP contribution in [0.15, 0.2) is 48.5 Å². The van der Waals surface area contributed by atoms with Crippen LogP contribution >= 0.6 is 11.3 Å². The number of hydrogen-bond donors (Lipinski definition) is 1. The maximum absolute atomic E-state index is 13.5. The third kappa shape index (κ3) is 4.38. The molecular weight excluding hydrogens is 446 g/mol. The van der Waals surface area contributed by atoms with Crippen LogP contribution in [-0.2, 0) is 29.3 Å². The van der Waals surface area contributed by atoms with E-state index < -0.39 is 5.41 Å². The second-order valence-electron chi connectivity index (χ2n) is 9.16. The Labute approximate surface area is 204 Å². The predicted octanol–water partition coefficient (Wildman–Crippen LogP) is 5.52. The van der Waals surface area contributed by atoms with Crippen LogP contribution in [0, 0.1) is 19.3 Å². The van der Waals surface area contributed by atoms with E-state index in [4.69, 9.17) is 4.74 Å². The van der Waals surface area contributed by atoms with Gasteiger partial charge in [-0.3, -0.25) is 4.79 Å². The smallest absolute Gasteiger partial charge is 0.312 e. The Bertz CT molecular complexity index is 1310. The predicted molar refractivity (Wildman–Crippen MR) is 135 cm³/mol. The Hall–Kier alpha value is -3.03. The molecule has 0 aliphatic rings. The molecule has 0 fully saturated rings. The number of ether oxygens (including phenoxy) is 1. The van der Waals surface area contributed by atoms with Gasteiger partial charge in [-0.2, -0.15) is 0 Å². The highest BCUT2D eigenvalue weighted by molar-refractivity contribution is 7.12. The zero-order valence-electron chi connectivity index (χ0n) is 20.3. The highest BCUT2D eigenvalue weighted by atomic mass is 32.1. The normalized spacial score (nSPS) is 12.8. The Morgan fingerprint density at radius 3 is 2.56 bits per heavy atom. The Morgan fingerprint density at radius 1 is 1.18 bits per heavy atom. The molecule has 1 unspecified atom stereocenters. The lowest BCUT2D eigenvalue weighted by atomic mass is 9.72. The number of carbonyl (C=O) groups excluding carboxylic acids is 1. The fraction of sp³-hybridized carbons (Fsp3) is 0.370. The van der Waals surface area contributed by atoms with E-state index in [1.165, 1.54) is 0 Å². The van der Waals surface area contributed by atoms with Gasteiger partial charge in [0.25, 0.3) is 0 Å². The van der Waals surface area contributed by atoms with Crippen molar-refractivity contribution in [3.05, 3.63) is 80.5 Å². The van der Waals surface area contributed by atoms with E-state index in [9.17, 15) is 9.90 Å². The summed E-state index contributed by atoms with van der Waals surface area (Å²) in [6, 6.07) is 15.8. The average Bonchev–Trinajstić information content (AvgIpc) is 3.42. The lowest BCUT2D eigenvalue weighted by Gasteiger charge is -2.33. The number of esters is 1. The minimum absolute atomic E-state index is 0.0310. The summed E-state index contributed by atoms with van der Waals surface area (Å²) in [7, 11) is 0. The summed E-state index contributed by atoms with van der Waals surface area (Å²) in [5.74, 6) is -0.536. The number of aliphatic hydroxyl groups is 1. The highest BCUT2D eigenvalue weighted by Crippen LogP contribution is 2.47. The van der Waals surface area contributed by atoms with E-state index in [0.29, 0.717) is 0 Å². The van der Waals surface area contributed by atoms with Crippen LogP contribution in [0.3, 0.4) is 0 Å². The van der Waals surface area contributed by atoms with Gasteiger partial charge in [-0.1, -0.05) is 41.6 Å². The molecule has 4 aromatic rings. The van der Waals surface area contributed by atoms with Crippen molar-refractivity contribution in [1.82, 2.24) is 15.0 Å². The molecule has 0 bridgehead atoms. The first kappa shape index (κ1) is 24.1. The molecule has 4 rings (SSSR count). The number of aromatic nitrogens is 3. The molecule has 2 aromatic carbocycles. The van der Waals surface area contributed by atoms with Gasteiger partial charge < -0.3 is 9.84 Å². The number of hydrogen-bond acceptors (Lipinski definition) is 6. The summed E-state index contributed by atoms with van der Waals surface area (Å²) in [4.78, 5) is 15.6. The number of nitrogens with zero attached hydrogens (tertiary/aromatic N) is 3. The number of thiophene rings is 1. The molecule has 0 aliphatic carbocycles. The van der Waals surface area contributed by atoms with Crippen molar-refractivity contribution in [2.75, 3.05) is 0 Å². The molecule has 7 heteroatoms. The van der Waals surface area contributed by atoms with Crippen LogP contribution < -0.4 is 0 Å². The molecule has 178 valence electrons. The number of carbonyl (C=O) groups is 1. The first-order valence-corrected chi connectivity index (χ1v) is 12.3. The maximum atomic E-state index is 13.5. The minimum Gasteiger partial charge on any atom is -0.460 e. The zero-order valence-corrected chi connectivity index (χ0v) is 21.1. The molecule has 0 saturated carbocycles. The fourth-order valence-electron chi connectivity index (χ4n) is 4.50. The molecule has 0 aliphatic heterocycles. The van der Waals surface area contributed by atoms with Crippen molar-refractivity contribution in [1.29, 1.82) is 0 Å². The molecule has 1 atom stereocenters. The maximum Gasteiger partial charge on any atom is 0.312 e. The van der Waals surface area contributed by atoms with Crippen LogP contribution in [0.25, 0.3) is 11.0 Å². The van der Waals surface area contributed by atoms with E-state index in [1.807, 2.05) is 81.8 Å². The van der Waals surface area contributed by atoms with E-state index in [2.05, 4.69) is 16.4 Å². The van der Waals surface area contributed by atoms with Crippen molar-refractivity contribution in [2.45, 2.75) is 60.3 Å². The van der Waals surface area contributed by atoms with E-state index in [0.717, 1.165) is 49.6 Å². The summed E-state index contributed by atoms with van der Waals surface area (Å²) < 4.78 is 7.69. The Morgan fingerprint density at radius 2 is 1.91 bits per heavy atom. The summed E-state index contributed by atoms with van der Waals surface area (Å²) >= 11 is 1.62. The van der Waals surface area contributed by atoms with Gasteiger partial charge in [0, 0.05) is 22.2 Å². The summed E-state index contributed by atoms with van der Waals surface area (Å²) in [6.45, 7) is 10.9. The van der Waals surface area contributed by atoms with E-state index >= 15 is 0 Å². The molecule has 0 radical (unpaired) electrons. The topological polar surface area (TPSA) is 77.2 Å². The largest absolute Gasteiger partial charge is 0.460 e. The lowest BCUT2D eigenvalue weighted by Crippen LogP contribution is -2.34. The monoisotopic (exact) mass is 477 g/mol. The highest BCUT2D eigenvalue weighted by Gasteiger charge is 2.42. The Kier molecular flexibility index (Phi) is 6.86. The first-order chi connectivity index (χ1) is 16.3. The molecule has 2 heterocycles. The summed E-state index contributed by atoms with van der Waals surface area (Å²) in [6.07, 6.45) is 0. The molecule has 2 aromatic heterocycles. The number of fused-ring (bicyclic) bond motifs is 1. The third-order valence-electron chi connectivity index (χ3n) is 6.55. The van der Waals surface area contributed by atoms with E-state index in [-0.39, 0.29) is 25.1 Å². The molecular formula is C27H31N3O3S. The Balaban J connectivity index is 1.78. The van der Waals surface area contributed by atoms with Crippen molar-refractivity contribution < 1.29 is 14.6 Å².